The molecule has 0 bridgehead atoms. The molecule has 2 atom stereocenters. The molecule has 1 heterocycles. The highest BCUT2D eigenvalue weighted by Crippen LogP contribution is 2.40. The van der Waals surface area contributed by atoms with E-state index in [-0.39, 0.29) is 11.9 Å². The molecule has 0 radical (unpaired) electrons. The van der Waals surface area contributed by atoms with Crippen molar-refractivity contribution in [3.63, 3.8) is 0 Å². The molecule has 2 rings (SSSR count). The van der Waals surface area contributed by atoms with E-state index in [1.165, 1.54) is 5.56 Å². The van der Waals surface area contributed by atoms with Gasteiger partial charge in [-0.25, -0.2) is 0 Å². The molecule has 0 saturated carbocycles. The number of carbonyl (C=O) groups excluding carboxylic acids is 1. The van der Waals surface area contributed by atoms with E-state index in [1.807, 2.05) is 31.2 Å². The largest absolute Gasteiger partial charge is 0.453 e. The van der Waals surface area contributed by atoms with Gasteiger partial charge in [-0.1, -0.05) is 50.2 Å². The molecule has 130 valence electrons. The molecule has 0 N–H and O–H groups in total. The van der Waals surface area contributed by atoms with Crippen LogP contribution >= 0.6 is 11.3 Å². The molecule has 0 saturated heterocycles. The summed E-state index contributed by atoms with van der Waals surface area (Å²) in [5.41, 5.74) is 0.549. The first-order valence-electron chi connectivity index (χ1n) is 8.42. The third-order valence-corrected chi connectivity index (χ3v) is 5.30. The van der Waals surface area contributed by atoms with Crippen LogP contribution in [0.4, 0.5) is 0 Å². The summed E-state index contributed by atoms with van der Waals surface area (Å²) in [5, 5.41) is 2.05. The van der Waals surface area contributed by atoms with Crippen molar-refractivity contribution in [2.45, 2.75) is 32.3 Å². The minimum Gasteiger partial charge on any atom is -0.453 e. The summed E-state index contributed by atoms with van der Waals surface area (Å²) in [6.07, 6.45) is 1.08. The lowest BCUT2D eigenvalue weighted by Gasteiger charge is -2.39. The van der Waals surface area contributed by atoms with Crippen molar-refractivity contribution in [3.05, 3.63) is 58.3 Å². The van der Waals surface area contributed by atoms with Crippen LogP contribution in [-0.4, -0.2) is 31.5 Å². The van der Waals surface area contributed by atoms with E-state index in [0.717, 1.165) is 11.4 Å². The Hall–Kier alpha value is -1.65. The number of ether oxygens (including phenoxy) is 1. The van der Waals surface area contributed by atoms with Crippen molar-refractivity contribution in [1.29, 1.82) is 0 Å². The highest BCUT2D eigenvalue weighted by Gasteiger charge is 2.43. The zero-order valence-electron chi connectivity index (χ0n) is 15.0. The second kappa shape index (κ2) is 8.45. The number of carbonyl (C=O) groups is 1. The summed E-state index contributed by atoms with van der Waals surface area (Å²) in [7, 11) is 4.11. The number of thiophene rings is 1. The Morgan fingerprint density at radius 1 is 1.21 bits per heavy atom. The maximum Gasteiger partial charge on any atom is 0.306 e. The SMILES string of the molecule is CCC(=O)OC(Cc1ccccc1)(c1cccs1)C(C)CN(C)C. The molecule has 0 aliphatic carbocycles. The Balaban J connectivity index is 2.47. The number of esters is 1. The predicted molar refractivity (Wildman–Crippen MR) is 100 cm³/mol. The lowest BCUT2D eigenvalue weighted by atomic mass is 9.81. The Kier molecular flexibility index (Phi) is 6.58. The number of hydrogen-bond donors (Lipinski definition) is 0. The van der Waals surface area contributed by atoms with Gasteiger partial charge in [-0.05, 0) is 31.1 Å². The van der Waals surface area contributed by atoms with Gasteiger partial charge in [-0.3, -0.25) is 4.79 Å². The predicted octanol–water partition coefficient (Wildman–Crippen LogP) is 4.34. The summed E-state index contributed by atoms with van der Waals surface area (Å²) in [5.74, 6) is 0.0202. The quantitative estimate of drug-likeness (QED) is 0.667. The van der Waals surface area contributed by atoms with Crippen molar-refractivity contribution in [2.24, 2.45) is 5.92 Å². The molecule has 24 heavy (non-hydrogen) atoms. The first-order valence-corrected chi connectivity index (χ1v) is 9.30. The zero-order valence-corrected chi connectivity index (χ0v) is 15.8. The van der Waals surface area contributed by atoms with Crippen molar-refractivity contribution in [1.82, 2.24) is 4.90 Å². The Bertz CT molecular complexity index is 624. The van der Waals surface area contributed by atoms with E-state index >= 15 is 0 Å². The average Bonchev–Trinajstić information content (AvgIpc) is 3.09. The smallest absolute Gasteiger partial charge is 0.306 e. The first-order chi connectivity index (χ1) is 11.5. The topological polar surface area (TPSA) is 29.5 Å². The van der Waals surface area contributed by atoms with Crippen LogP contribution in [0.1, 0.15) is 30.7 Å². The molecule has 0 spiro atoms. The number of benzene rings is 1. The Labute approximate surface area is 149 Å². The van der Waals surface area contributed by atoms with E-state index in [1.54, 1.807) is 11.3 Å². The maximum atomic E-state index is 12.3. The molecular weight excluding hydrogens is 318 g/mol. The molecule has 1 aromatic heterocycles. The van der Waals surface area contributed by atoms with Crippen molar-refractivity contribution in [2.75, 3.05) is 20.6 Å². The summed E-state index contributed by atoms with van der Waals surface area (Å²) < 4.78 is 6.14. The molecule has 2 unspecified atom stereocenters. The van der Waals surface area contributed by atoms with Gasteiger partial charge in [0.25, 0.3) is 0 Å². The van der Waals surface area contributed by atoms with E-state index in [0.29, 0.717) is 12.8 Å². The first kappa shape index (κ1) is 18.7. The van der Waals surface area contributed by atoms with Gasteiger partial charge in [-0.2, -0.15) is 0 Å². The molecule has 0 aliphatic rings. The maximum absolute atomic E-state index is 12.3. The molecule has 0 fully saturated rings. The zero-order chi connectivity index (χ0) is 17.6. The molecule has 2 aromatic rings. The van der Waals surface area contributed by atoms with E-state index in [9.17, 15) is 4.79 Å². The van der Waals surface area contributed by atoms with Crippen LogP contribution in [0, 0.1) is 5.92 Å². The number of hydrogen-bond acceptors (Lipinski definition) is 4. The second-order valence-electron chi connectivity index (χ2n) is 6.52. The molecular formula is C20H27NO2S. The average molecular weight is 346 g/mol. The lowest BCUT2D eigenvalue weighted by Crippen LogP contribution is -2.44. The van der Waals surface area contributed by atoms with Gasteiger partial charge >= 0.3 is 5.97 Å². The van der Waals surface area contributed by atoms with Gasteiger partial charge in [0.15, 0.2) is 5.60 Å². The van der Waals surface area contributed by atoms with Crippen LogP contribution in [0.2, 0.25) is 0 Å². The van der Waals surface area contributed by atoms with Gasteiger partial charge in [0, 0.05) is 30.2 Å². The van der Waals surface area contributed by atoms with E-state index < -0.39 is 5.60 Å². The second-order valence-corrected chi connectivity index (χ2v) is 7.47. The van der Waals surface area contributed by atoms with E-state index in [2.05, 4.69) is 49.5 Å². The van der Waals surface area contributed by atoms with Crippen LogP contribution in [-0.2, 0) is 21.6 Å². The van der Waals surface area contributed by atoms with Gasteiger partial charge < -0.3 is 9.64 Å². The standard InChI is InChI=1S/C20H27NO2S/c1-5-19(22)23-20(16(2)15-21(3)4,18-12-9-13-24-18)14-17-10-7-6-8-11-17/h6-13,16H,5,14-15H2,1-4H3. The lowest BCUT2D eigenvalue weighted by molar-refractivity contribution is -0.167. The summed E-state index contributed by atoms with van der Waals surface area (Å²) in [6, 6.07) is 14.4. The van der Waals surface area contributed by atoms with Crippen molar-refractivity contribution in [3.8, 4) is 0 Å². The molecule has 1 aromatic carbocycles. The highest BCUT2D eigenvalue weighted by atomic mass is 32.1. The van der Waals surface area contributed by atoms with Gasteiger partial charge in [0.05, 0.1) is 0 Å². The summed E-state index contributed by atoms with van der Waals surface area (Å²) >= 11 is 1.66. The fourth-order valence-corrected chi connectivity index (χ4v) is 4.06. The Morgan fingerprint density at radius 3 is 2.46 bits per heavy atom. The number of rotatable bonds is 8. The molecule has 4 heteroatoms. The van der Waals surface area contributed by atoms with Crippen LogP contribution in [0.15, 0.2) is 47.8 Å². The highest BCUT2D eigenvalue weighted by molar-refractivity contribution is 7.10. The van der Waals surface area contributed by atoms with Gasteiger partial charge in [0.2, 0.25) is 0 Å². The van der Waals surface area contributed by atoms with E-state index in [4.69, 9.17) is 4.74 Å². The molecule has 0 aliphatic heterocycles. The van der Waals surface area contributed by atoms with Gasteiger partial charge in [0.1, 0.15) is 0 Å². The third-order valence-electron chi connectivity index (χ3n) is 4.27. The Morgan fingerprint density at radius 2 is 1.92 bits per heavy atom. The van der Waals surface area contributed by atoms with Crippen LogP contribution in [0.3, 0.4) is 0 Å². The number of nitrogens with zero attached hydrogens (tertiary/aromatic N) is 1. The van der Waals surface area contributed by atoms with Crippen LogP contribution in [0.5, 0.6) is 0 Å². The normalized spacial score (nSPS) is 15.0. The van der Waals surface area contributed by atoms with Crippen LogP contribution < -0.4 is 0 Å². The summed E-state index contributed by atoms with van der Waals surface area (Å²) in [6.45, 7) is 4.87. The minimum atomic E-state index is -0.632. The van der Waals surface area contributed by atoms with Crippen molar-refractivity contribution < 1.29 is 9.53 Å². The minimum absolute atomic E-state index is 0.148. The fraction of sp³-hybridized carbons (Fsp3) is 0.450. The third kappa shape index (κ3) is 4.46. The van der Waals surface area contributed by atoms with Crippen molar-refractivity contribution >= 4 is 17.3 Å². The fourth-order valence-electron chi connectivity index (χ4n) is 3.08. The monoisotopic (exact) mass is 345 g/mol. The molecule has 3 nitrogen and oxygen atoms in total. The van der Waals surface area contributed by atoms with Gasteiger partial charge in [-0.15, -0.1) is 11.3 Å². The molecule has 0 amide bonds. The van der Waals surface area contributed by atoms with Crippen LogP contribution in [0.25, 0.3) is 0 Å². The summed E-state index contributed by atoms with van der Waals surface area (Å²) in [4.78, 5) is 15.5.